The van der Waals surface area contributed by atoms with Crippen LogP contribution in [0.25, 0.3) is 11.1 Å². The van der Waals surface area contributed by atoms with Gasteiger partial charge in [0, 0.05) is 14.2 Å². The Morgan fingerprint density at radius 1 is 1.19 bits per heavy atom. The highest BCUT2D eigenvalue weighted by molar-refractivity contribution is 6.52. The first-order valence-electron chi connectivity index (χ1n) is 7.88. The molecule has 1 fully saturated rings. The number of aromatic nitrogens is 1. The van der Waals surface area contributed by atoms with Crippen molar-refractivity contribution in [2.24, 2.45) is 5.92 Å². The molecule has 2 bridgehead atoms. The summed E-state index contributed by atoms with van der Waals surface area (Å²) < 4.78 is 17.1. The number of oxazole rings is 1. The van der Waals surface area contributed by atoms with Crippen molar-refractivity contribution in [3.63, 3.8) is 0 Å². The molecule has 2 aliphatic rings. The van der Waals surface area contributed by atoms with Crippen LogP contribution in [-0.2, 0) is 9.47 Å². The van der Waals surface area contributed by atoms with Gasteiger partial charge in [-0.15, -0.1) is 23.2 Å². The van der Waals surface area contributed by atoms with Crippen LogP contribution in [0, 0.1) is 5.92 Å². The number of benzene rings is 1. The molecule has 0 aliphatic heterocycles. The topological polar surface area (TPSA) is 70.7 Å². The highest BCUT2D eigenvalue weighted by Gasteiger charge is 2.82. The lowest BCUT2D eigenvalue weighted by atomic mass is 9.90. The van der Waals surface area contributed by atoms with Gasteiger partial charge in [-0.05, 0) is 18.6 Å². The second-order valence-corrected chi connectivity index (χ2v) is 8.43. The van der Waals surface area contributed by atoms with Crippen LogP contribution < -0.4 is 5.76 Å². The van der Waals surface area contributed by atoms with Crippen molar-refractivity contribution in [2.75, 3.05) is 14.2 Å². The van der Waals surface area contributed by atoms with Crippen LogP contribution in [0.15, 0.2) is 43.5 Å². The molecule has 2 unspecified atom stereocenters. The number of nitrogens with zero attached hydrogens (tertiary/aromatic N) is 1. The number of hydrogen-bond acceptors (Lipinski definition) is 5. The summed E-state index contributed by atoms with van der Waals surface area (Å²) in [5.74, 6) is -4.21. The van der Waals surface area contributed by atoms with Gasteiger partial charge in [-0.3, -0.25) is 4.79 Å². The lowest BCUT2D eigenvalue weighted by Gasteiger charge is -2.40. The number of fused-ring (bicyclic) bond motifs is 3. The number of para-hydroxylation sites is 2. The second kappa shape index (κ2) is 5.99. The fourth-order valence-electron chi connectivity index (χ4n) is 4.23. The predicted molar refractivity (Wildman–Crippen MR) is 102 cm³/mol. The molecular formula is C17H13Cl4NO5. The average molecular weight is 453 g/mol. The van der Waals surface area contributed by atoms with Crippen molar-refractivity contribution >= 4 is 63.4 Å². The van der Waals surface area contributed by atoms with Gasteiger partial charge >= 0.3 is 5.76 Å². The summed E-state index contributed by atoms with van der Waals surface area (Å²) in [5.41, 5.74) is 0.582. The van der Waals surface area contributed by atoms with Gasteiger partial charge in [0.1, 0.15) is 9.75 Å². The van der Waals surface area contributed by atoms with E-state index in [0.29, 0.717) is 5.52 Å². The van der Waals surface area contributed by atoms with E-state index in [1.54, 1.807) is 24.3 Å². The molecule has 10 heteroatoms. The van der Waals surface area contributed by atoms with E-state index in [1.165, 1.54) is 14.2 Å². The van der Waals surface area contributed by atoms with Crippen LogP contribution in [0.3, 0.4) is 0 Å². The van der Waals surface area contributed by atoms with E-state index in [1.807, 2.05) is 0 Å². The number of halogens is 4. The minimum absolute atomic E-state index is 0.0421. The first kappa shape index (κ1) is 19.3. The normalized spacial score (nSPS) is 31.9. The van der Waals surface area contributed by atoms with Crippen LogP contribution >= 0.6 is 46.4 Å². The molecule has 1 saturated carbocycles. The third kappa shape index (κ3) is 2.01. The molecule has 0 saturated heterocycles. The molecule has 3 atom stereocenters. The summed E-state index contributed by atoms with van der Waals surface area (Å²) in [6.07, 6.45) is -0.0421. The molecule has 1 aromatic heterocycles. The molecule has 1 heterocycles. The third-order valence-electron chi connectivity index (χ3n) is 5.41. The van der Waals surface area contributed by atoms with E-state index >= 15 is 0 Å². The zero-order chi connectivity index (χ0) is 19.8. The quantitative estimate of drug-likeness (QED) is 0.521. The summed E-state index contributed by atoms with van der Waals surface area (Å²) in [6, 6.07) is 6.54. The van der Waals surface area contributed by atoms with E-state index in [0.717, 1.165) is 4.57 Å². The van der Waals surface area contributed by atoms with Crippen LogP contribution in [0.5, 0.6) is 0 Å². The molecule has 2 aromatic rings. The van der Waals surface area contributed by atoms with Gasteiger partial charge < -0.3 is 13.9 Å². The minimum Gasteiger partial charge on any atom is -0.407 e. The second-order valence-electron chi connectivity index (χ2n) is 6.43. The molecule has 4 rings (SSSR count). The molecule has 0 N–H and O–H groups in total. The number of alkyl halides is 2. The maximum absolute atomic E-state index is 13.4. The summed E-state index contributed by atoms with van der Waals surface area (Å²) in [4.78, 5) is 22.5. The number of carbonyl (C=O) groups is 1. The van der Waals surface area contributed by atoms with Crippen molar-refractivity contribution in [1.82, 2.24) is 4.57 Å². The molecule has 0 amide bonds. The van der Waals surface area contributed by atoms with Crippen LogP contribution in [0.1, 0.15) is 11.2 Å². The Hall–Kier alpha value is -1.02. The zero-order valence-corrected chi connectivity index (χ0v) is 17.1. The zero-order valence-electron chi connectivity index (χ0n) is 14.1. The van der Waals surface area contributed by atoms with Crippen molar-refractivity contribution in [1.29, 1.82) is 0 Å². The average Bonchev–Trinajstić information content (AvgIpc) is 3.13. The monoisotopic (exact) mass is 451 g/mol. The Bertz CT molecular complexity index is 1060. The Kier molecular flexibility index (Phi) is 4.28. The standard InChI is InChI=1S/C17H13Cl4NO5/c1-25-17(26-2)15(20)7-8(16(17,21)12(19)11(15)18)13(23)22-9-5-3-4-6-10(9)27-14(22)24/h3-6,8H,7H2,1-2H3/t8-,15?,16?/m0/s1. The summed E-state index contributed by atoms with van der Waals surface area (Å²) >= 11 is 26.3. The maximum atomic E-state index is 13.4. The Balaban J connectivity index is 1.93. The van der Waals surface area contributed by atoms with Gasteiger partial charge in [0.2, 0.25) is 11.7 Å². The SMILES string of the molecule is COC1(OC)C2(Cl)C[C@@H](C(=O)n3c(=O)oc4ccccc43)C1(Cl)C(Cl)=C2Cl. The van der Waals surface area contributed by atoms with Gasteiger partial charge in [0.25, 0.3) is 0 Å². The number of ether oxygens (including phenoxy) is 2. The number of methoxy groups -OCH3 is 2. The summed E-state index contributed by atoms with van der Waals surface area (Å²) in [7, 11) is 2.67. The fourth-order valence-corrected chi connectivity index (χ4v) is 6.28. The van der Waals surface area contributed by atoms with Crippen molar-refractivity contribution in [3.8, 4) is 0 Å². The number of rotatable bonds is 3. The number of carbonyl (C=O) groups excluding carboxylic acids is 1. The van der Waals surface area contributed by atoms with Crippen molar-refractivity contribution in [3.05, 3.63) is 44.9 Å². The molecule has 2 aliphatic carbocycles. The number of hydrogen-bond donors (Lipinski definition) is 0. The van der Waals surface area contributed by atoms with Gasteiger partial charge in [-0.1, -0.05) is 35.3 Å². The van der Waals surface area contributed by atoms with Crippen molar-refractivity contribution in [2.45, 2.75) is 22.0 Å². The highest BCUT2D eigenvalue weighted by atomic mass is 35.5. The van der Waals surface area contributed by atoms with Gasteiger partial charge in [-0.25, -0.2) is 9.36 Å². The molecule has 1 aromatic carbocycles. The fraction of sp³-hybridized carbons (Fsp3) is 0.412. The van der Waals surface area contributed by atoms with Crippen LogP contribution in [0.2, 0.25) is 0 Å². The van der Waals surface area contributed by atoms with Gasteiger partial charge in [0.05, 0.1) is 21.5 Å². The Morgan fingerprint density at radius 3 is 2.41 bits per heavy atom. The van der Waals surface area contributed by atoms with Crippen molar-refractivity contribution < 1.29 is 18.7 Å². The summed E-state index contributed by atoms with van der Waals surface area (Å²) in [5, 5.41) is 0.00737. The summed E-state index contributed by atoms with van der Waals surface area (Å²) in [6.45, 7) is 0. The third-order valence-corrected chi connectivity index (χ3v) is 7.99. The highest BCUT2D eigenvalue weighted by Crippen LogP contribution is 2.71. The largest absolute Gasteiger partial charge is 0.426 e. The lowest BCUT2D eigenvalue weighted by molar-refractivity contribution is -0.218. The molecule has 27 heavy (non-hydrogen) atoms. The Labute approximate surface area is 173 Å². The van der Waals surface area contributed by atoms with Crippen LogP contribution in [0.4, 0.5) is 0 Å². The molecule has 6 nitrogen and oxygen atoms in total. The van der Waals surface area contributed by atoms with E-state index in [9.17, 15) is 9.59 Å². The molecule has 144 valence electrons. The first-order valence-corrected chi connectivity index (χ1v) is 9.40. The minimum atomic E-state index is -1.72. The van der Waals surface area contributed by atoms with E-state index < -0.39 is 33.1 Å². The van der Waals surface area contributed by atoms with Gasteiger partial charge in [0.15, 0.2) is 5.58 Å². The smallest absolute Gasteiger partial charge is 0.407 e. The van der Waals surface area contributed by atoms with Gasteiger partial charge in [-0.2, -0.15) is 0 Å². The lowest BCUT2D eigenvalue weighted by Crippen LogP contribution is -2.58. The molecule has 0 spiro atoms. The van der Waals surface area contributed by atoms with E-state index in [2.05, 4.69) is 0 Å². The predicted octanol–water partition coefficient (Wildman–Crippen LogP) is 3.90. The maximum Gasteiger partial charge on any atom is 0.426 e. The van der Waals surface area contributed by atoms with Crippen LogP contribution in [-0.4, -0.2) is 40.2 Å². The molecule has 0 radical (unpaired) electrons. The van der Waals surface area contributed by atoms with E-state index in [4.69, 9.17) is 60.3 Å². The molecular weight excluding hydrogens is 440 g/mol. The van der Waals surface area contributed by atoms with E-state index in [-0.39, 0.29) is 22.1 Å². The first-order chi connectivity index (χ1) is 12.7. The Morgan fingerprint density at radius 2 is 1.81 bits per heavy atom.